The van der Waals surface area contributed by atoms with Gasteiger partial charge in [0, 0.05) is 24.5 Å². The first-order chi connectivity index (χ1) is 8.56. The number of likely N-dealkylation sites (N-methyl/N-ethyl adjacent to an activating group) is 1. The van der Waals surface area contributed by atoms with Crippen LogP contribution in [0.1, 0.15) is 18.4 Å². The molecular weight excluding hydrogens is 250 g/mol. The molecule has 0 aliphatic heterocycles. The molecule has 0 atom stereocenters. The lowest BCUT2D eigenvalue weighted by atomic mass is 9.84. The summed E-state index contributed by atoms with van der Waals surface area (Å²) in [5, 5.41) is 9.92. The van der Waals surface area contributed by atoms with Crippen molar-refractivity contribution in [2.45, 2.75) is 24.6 Å². The monoisotopic (exact) mass is 267 g/mol. The Bertz CT molecular complexity index is 430. The van der Waals surface area contributed by atoms with Crippen LogP contribution in [0.2, 0.25) is 0 Å². The Morgan fingerprint density at radius 2 is 2.11 bits per heavy atom. The number of carbonyl (C=O) groups is 1. The van der Waals surface area contributed by atoms with E-state index in [0.717, 1.165) is 19.4 Å². The molecule has 0 aromatic heterocycles. The van der Waals surface area contributed by atoms with Crippen molar-refractivity contribution < 1.29 is 9.90 Å². The van der Waals surface area contributed by atoms with Crippen molar-refractivity contribution in [1.29, 1.82) is 0 Å². The number of amides is 1. The summed E-state index contributed by atoms with van der Waals surface area (Å²) < 4.78 is 0. The van der Waals surface area contributed by atoms with Crippen LogP contribution in [-0.4, -0.2) is 34.9 Å². The average Bonchev–Trinajstić information content (AvgIpc) is 2.30. The van der Waals surface area contributed by atoms with E-state index in [-0.39, 0.29) is 23.5 Å². The second-order valence-electron chi connectivity index (χ2n) is 5.01. The van der Waals surface area contributed by atoms with Gasteiger partial charge in [0.05, 0.1) is 6.42 Å². The van der Waals surface area contributed by atoms with Crippen LogP contribution in [0.3, 0.4) is 0 Å². The summed E-state index contributed by atoms with van der Waals surface area (Å²) in [4.78, 5) is 13.7. The number of benzene rings is 1. The van der Waals surface area contributed by atoms with E-state index in [1.165, 1.54) is 0 Å². The van der Waals surface area contributed by atoms with E-state index >= 15 is 0 Å². The molecule has 1 aromatic rings. The molecule has 1 amide bonds. The van der Waals surface area contributed by atoms with E-state index in [1.807, 2.05) is 13.1 Å². The van der Waals surface area contributed by atoms with Crippen LogP contribution in [0.5, 0.6) is 5.75 Å². The molecule has 3 nitrogen and oxygen atoms in total. The van der Waals surface area contributed by atoms with Gasteiger partial charge >= 0.3 is 0 Å². The van der Waals surface area contributed by atoms with Crippen molar-refractivity contribution in [3.8, 4) is 5.75 Å². The zero-order valence-corrected chi connectivity index (χ0v) is 11.2. The molecule has 2 rings (SSSR count). The number of phenols is 1. The molecule has 0 radical (unpaired) electrons. The molecule has 98 valence electrons. The van der Waals surface area contributed by atoms with Gasteiger partial charge in [0.15, 0.2) is 0 Å². The van der Waals surface area contributed by atoms with Crippen molar-refractivity contribution in [2.75, 3.05) is 13.6 Å². The molecule has 1 N–H and O–H groups in total. The number of para-hydroxylation sites is 1. The maximum Gasteiger partial charge on any atom is 0.226 e. The molecule has 1 fully saturated rings. The zero-order valence-electron chi connectivity index (χ0n) is 10.5. The van der Waals surface area contributed by atoms with E-state index in [0.29, 0.717) is 11.5 Å². The summed E-state index contributed by atoms with van der Waals surface area (Å²) in [5.74, 6) is 0.754. The van der Waals surface area contributed by atoms with Crippen LogP contribution in [0.15, 0.2) is 24.3 Å². The average molecular weight is 268 g/mol. The number of alkyl halides is 1. The summed E-state index contributed by atoms with van der Waals surface area (Å²) in [5.41, 5.74) is 0.679. The highest BCUT2D eigenvalue weighted by molar-refractivity contribution is 6.21. The summed E-state index contributed by atoms with van der Waals surface area (Å²) in [6.07, 6.45) is 2.24. The molecule has 4 heteroatoms. The molecule has 18 heavy (non-hydrogen) atoms. The number of phenolic OH excluding ortho intramolecular Hbond substituents is 1. The number of rotatable bonds is 4. The van der Waals surface area contributed by atoms with Gasteiger partial charge in [-0.1, -0.05) is 18.2 Å². The highest BCUT2D eigenvalue weighted by Gasteiger charge is 2.29. The third kappa shape index (κ3) is 3.16. The Kier molecular flexibility index (Phi) is 4.12. The molecule has 1 aliphatic carbocycles. The Morgan fingerprint density at radius 3 is 2.72 bits per heavy atom. The number of hydrogen-bond donors (Lipinski definition) is 1. The lowest BCUT2D eigenvalue weighted by Gasteiger charge is -2.34. The standard InChI is InChI=1S/C14H18ClNO2/c1-16(9-10-6-12(15)7-10)14(18)8-11-4-2-3-5-13(11)17/h2-5,10,12,17H,6-9H2,1H3. The predicted octanol–water partition coefficient (Wildman–Crippen LogP) is 2.41. The second kappa shape index (κ2) is 5.61. The second-order valence-corrected chi connectivity index (χ2v) is 5.63. The van der Waals surface area contributed by atoms with E-state index in [4.69, 9.17) is 11.6 Å². The van der Waals surface area contributed by atoms with Crippen LogP contribution in [-0.2, 0) is 11.2 Å². The maximum absolute atomic E-state index is 12.0. The number of hydrogen-bond acceptors (Lipinski definition) is 2. The van der Waals surface area contributed by atoms with Gasteiger partial charge in [-0.05, 0) is 24.8 Å². The molecule has 1 aromatic carbocycles. The molecular formula is C14H18ClNO2. The minimum atomic E-state index is 0.0366. The van der Waals surface area contributed by atoms with E-state index in [2.05, 4.69) is 0 Å². The third-order valence-corrected chi connectivity index (χ3v) is 3.83. The highest BCUT2D eigenvalue weighted by Crippen LogP contribution is 2.32. The van der Waals surface area contributed by atoms with E-state index < -0.39 is 0 Å². The maximum atomic E-state index is 12.0. The van der Waals surface area contributed by atoms with Crippen molar-refractivity contribution in [3.05, 3.63) is 29.8 Å². The SMILES string of the molecule is CN(CC1CC(Cl)C1)C(=O)Cc1ccccc1O. The van der Waals surface area contributed by atoms with Crippen LogP contribution in [0.25, 0.3) is 0 Å². The number of nitrogens with zero attached hydrogens (tertiary/aromatic N) is 1. The van der Waals surface area contributed by atoms with Gasteiger partial charge in [-0.3, -0.25) is 4.79 Å². The Hall–Kier alpha value is -1.22. The fraction of sp³-hybridized carbons (Fsp3) is 0.500. The predicted molar refractivity (Wildman–Crippen MR) is 71.8 cm³/mol. The van der Waals surface area contributed by atoms with Gasteiger partial charge in [-0.2, -0.15) is 0 Å². The van der Waals surface area contributed by atoms with Crippen LogP contribution < -0.4 is 0 Å². The fourth-order valence-corrected chi connectivity index (χ4v) is 2.75. The van der Waals surface area contributed by atoms with Crippen LogP contribution in [0, 0.1) is 5.92 Å². The number of carbonyl (C=O) groups excluding carboxylic acids is 1. The van der Waals surface area contributed by atoms with Gasteiger partial charge in [-0.25, -0.2) is 0 Å². The minimum absolute atomic E-state index is 0.0366. The third-order valence-electron chi connectivity index (χ3n) is 3.47. The van der Waals surface area contributed by atoms with Crippen LogP contribution >= 0.6 is 11.6 Å². The molecule has 1 aliphatic rings. The van der Waals surface area contributed by atoms with Crippen molar-refractivity contribution in [2.24, 2.45) is 5.92 Å². The van der Waals surface area contributed by atoms with Crippen molar-refractivity contribution in [1.82, 2.24) is 4.90 Å². The Balaban J connectivity index is 1.86. The number of halogens is 1. The lowest BCUT2D eigenvalue weighted by Crippen LogP contribution is -2.38. The van der Waals surface area contributed by atoms with Gasteiger partial charge < -0.3 is 10.0 Å². The van der Waals surface area contributed by atoms with Crippen molar-refractivity contribution in [3.63, 3.8) is 0 Å². The fourth-order valence-electron chi connectivity index (χ4n) is 2.25. The summed E-state index contributed by atoms with van der Waals surface area (Å²) >= 11 is 5.92. The van der Waals surface area contributed by atoms with E-state index in [1.54, 1.807) is 23.1 Å². The molecule has 0 bridgehead atoms. The summed E-state index contributed by atoms with van der Waals surface area (Å²) in [7, 11) is 1.81. The first kappa shape index (κ1) is 13.2. The molecule has 0 spiro atoms. The normalized spacial score (nSPS) is 22.3. The smallest absolute Gasteiger partial charge is 0.226 e. The lowest BCUT2D eigenvalue weighted by molar-refractivity contribution is -0.130. The zero-order chi connectivity index (χ0) is 13.1. The largest absolute Gasteiger partial charge is 0.508 e. The highest BCUT2D eigenvalue weighted by atomic mass is 35.5. The summed E-state index contributed by atoms with van der Waals surface area (Å²) in [6.45, 7) is 0.760. The van der Waals surface area contributed by atoms with Gasteiger partial charge in [0.25, 0.3) is 0 Å². The Labute approximate surface area is 112 Å². The molecule has 0 unspecified atom stereocenters. The van der Waals surface area contributed by atoms with Gasteiger partial charge in [0.1, 0.15) is 5.75 Å². The first-order valence-corrected chi connectivity index (χ1v) is 6.65. The van der Waals surface area contributed by atoms with Crippen LogP contribution in [0.4, 0.5) is 0 Å². The van der Waals surface area contributed by atoms with Crippen molar-refractivity contribution >= 4 is 17.5 Å². The Morgan fingerprint density at radius 1 is 1.44 bits per heavy atom. The molecule has 0 heterocycles. The van der Waals surface area contributed by atoms with Gasteiger partial charge in [0.2, 0.25) is 5.91 Å². The summed E-state index contributed by atoms with van der Waals surface area (Å²) in [6, 6.07) is 6.96. The minimum Gasteiger partial charge on any atom is -0.508 e. The first-order valence-electron chi connectivity index (χ1n) is 6.21. The van der Waals surface area contributed by atoms with E-state index in [9.17, 15) is 9.90 Å². The topological polar surface area (TPSA) is 40.5 Å². The molecule has 1 saturated carbocycles. The van der Waals surface area contributed by atoms with Gasteiger partial charge in [-0.15, -0.1) is 11.6 Å². The molecule has 0 saturated heterocycles. The number of aromatic hydroxyl groups is 1. The quantitative estimate of drug-likeness (QED) is 0.851.